The predicted molar refractivity (Wildman–Crippen MR) is 121 cm³/mol. The van der Waals surface area contributed by atoms with Gasteiger partial charge in [0.1, 0.15) is 10.7 Å². The summed E-state index contributed by atoms with van der Waals surface area (Å²) >= 11 is 8.80. The van der Waals surface area contributed by atoms with Crippen LogP contribution in [-0.2, 0) is 10.0 Å². The molecule has 2 aromatic heterocycles. The minimum absolute atomic E-state index is 0.177. The summed E-state index contributed by atoms with van der Waals surface area (Å²) in [5, 5.41) is 2.50. The van der Waals surface area contributed by atoms with Crippen LogP contribution in [0.1, 0.15) is 21.6 Å². The molecule has 1 fully saturated rings. The zero-order chi connectivity index (χ0) is 21.5. The van der Waals surface area contributed by atoms with Crippen LogP contribution >= 0.6 is 34.3 Å². The van der Waals surface area contributed by atoms with Crippen LogP contribution in [0.4, 0.5) is 0 Å². The molecule has 0 atom stereocenters. The molecule has 1 aliphatic rings. The lowest BCUT2D eigenvalue weighted by atomic mass is 10.2. The molecule has 0 saturated carbocycles. The fraction of sp³-hybridized carbons (Fsp3) is 0.300. The van der Waals surface area contributed by atoms with E-state index in [1.165, 1.54) is 27.0 Å². The maximum atomic E-state index is 13.0. The zero-order valence-electron chi connectivity index (χ0n) is 16.5. The molecule has 0 aliphatic carbocycles. The minimum atomic E-state index is -3.58. The summed E-state index contributed by atoms with van der Waals surface area (Å²) in [7, 11) is -3.58. The summed E-state index contributed by atoms with van der Waals surface area (Å²) in [5.41, 5.74) is 2.14. The van der Waals surface area contributed by atoms with Gasteiger partial charge in [-0.15, -0.1) is 22.7 Å². The van der Waals surface area contributed by atoms with Crippen LogP contribution in [0.2, 0.25) is 4.34 Å². The molecule has 1 saturated heterocycles. The van der Waals surface area contributed by atoms with Gasteiger partial charge in [-0.2, -0.15) is 4.31 Å². The Morgan fingerprint density at radius 3 is 2.47 bits per heavy atom. The third-order valence-electron chi connectivity index (χ3n) is 4.98. The Kier molecular flexibility index (Phi) is 6.00. The van der Waals surface area contributed by atoms with Gasteiger partial charge in [-0.05, 0) is 37.6 Å². The van der Waals surface area contributed by atoms with Gasteiger partial charge in [-0.3, -0.25) is 4.79 Å². The van der Waals surface area contributed by atoms with Gasteiger partial charge in [0.2, 0.25) is 10.0 Å². The Labute approximate surface area is 188 Å². The smallest absolute Gasteiger partial charge is 0.273 e. The van der Waals surface area contributed by atoms with Gasteiger partial charge >= 0.3 is 0 Å². The normalized spacial score (nSPS) is 15.5. The van der Waals surface area contributed by atoms with Crippen molar-refractivity contribution in [3.63, 3.8) is 0 Å². The molecule has 0 bridgehead atoms. The van der Waals surface area contributed by atoms with Crippen LogP contribution in [0.3, 0.4) is 0 Å². The molecule has 0 unspecified atom stereocenters. The van der Waals surface area contributed by atoms with Gasteiger partial charge in [0.25, 0.3) is 5.91 Å². The number of amides is 1. The number of carbonyl (C=O) groups is 1. The van der Waals surface area contributed by atoms with Gasteiger partial charge in [0, 0.05) is 31.6 Å². The van der Waals surface area contributed by atoms with E-state index < -0.39 is 10.0 Å². The third kappa shape index (κ3) is 4.17. The van der Waals surface area contributed by atoms with Crippen LogP contribution < -0.4 is 0 Å². The number of aromatic nitrogens is 1. The number of aryl methyl sites for hydroxylation is 2. The molecule has 0 N–H and O–H groups in total. The van der Waals surface area contributed by atoms with Crippen LogP contribution in [-0.4, -0.2) is 54.7 Å². The quantitative estimate of drug-likeness (QED) is 0.557. The van der Waals surface area contributed by atoms with Crippen LogP contribution in [0.25, 0.3) is 9.88 Å². The highest BCUT2D eigenvalue weighted by molar-refractivity contribution is 7.89. The van der Waals surface area contributed by atoms with Crippen molar-refractivity contribution in [3.8, 4) is 9.88 Å². The first-order valence-corrected chi connectivity index (χ1v) is 12.8. The van der Waals surface area contributed by atoms with Crippen LogP contribution in [0, 0.1) is 13.8 Å². The fourth-order valence-electron chi connectivity index (χ4n) is 3.44. The highest BCUT2D eigenvalue weighted by Crippen LogP contribution is 2.33. The van der Waals surface area contributed by atoms with Gasteiger partial charge in [0.05, 0.1) is 14.1 Å². The van der Waals surface area contributed by atoms with Crippen molar-refractivity contribution in [2.75, 3.05) is 26.2 Å². The van der Waals surface area contributed by atoms with E-state index in [4.69, 9.17) is 11.6 Å². The molecule has 4 rings (SSSR count). The molecule has 10 heteroatoms. The van der Waals surface area contributed by atoms with E-state index in [2.05, 4.69) is 4.98 Å². The van der Waals surface area contributed by atoms with Crippen molar-refractivity contribution in [2.45, 2.75) is 18.7 Å². The van der Waals surface area contributed by atoms with E-state index in [-0.39, 0.29) is 19.0 Å². The number of thiophene rings is 1. The van der Waals surface area contributed by atoms with E-state index in [1.807, 2.05) is 19.1 Å². The molecule has 0 spiro atoms. The maximum absolute atomic E-state index is 13.0. The standard InChI is InChI=1S/C20H20ClN3O3S3/c1-13-3-5-17(14(2)11-13)30(26,27)24-9-7-23(8-10-24)20(25)15-12-28-19(22-15)16-4-6-18(21)29-16/h3-6,11-12H,7-10H2,1-2H3. The van der Waals surface area contributed by atoms with Crippen molar-refractivity contribution in [1.29, 1.82) is 0 Å². The van der Waals surface area contributed by atoms with Crippen molar-refractivity contribution < 1.29 is 13.2 Å². The predicted octanol–water partition coefficient (Wildman–Crippen LogP) is 4.29. The highest BCUT2D eigenvalue weighted by Gasteiger charge is 2.32. The number of rotatable bonds is 4. The van der Waals surface area contributed by atoms with Crippen molar-refractivity contribution in [3.05, 3.63) is 56.9 Å². The minimum Gasteiger partial charge on any atom is -0.335 e. The molecule has 0 radical (unpaired) electrons. The van der Waals surface area contributed by atoms with Crippen molar-refractivity contribution in [1.82, 2.24) is 14.2 Å². The molecule has 30 heavy (non-hydrogen) atoms. The Balaban J connectivity index is 1.44. The maximum Gasteiger partial charge on any atom is 0.273 e. The monoisotopic (exact) mass is 481 g/mol. The van der Waals surface area contributed by atoms with Gasteiger partial charge in [-0.25, -0.2) is 13.4 Å². The first-order valence-electron chi connectivity index (χ1n) is 9.33. The second kappa shape index (κ2) is 8.39. The van der Waals surface area contributed by atoms with E-state index in [1.54, 1.807) is 35.4 Å². The summed E-state index contributed by atoms with van der Waals surface area (Å²) < 4.78 is 28.2. The number of benzene rings is 1. The Morgan fingerprint density at radius 1 is 1.10 bits per heavy atom. The number of hydrogen-bond acceptors (Lipinski definition) is 6. The lowest BCUT2D eigenvalue weighted by molar-refractivity contribution is 0.0693. The molecular weight excluding hydrogens is 462 g/mol. The zero-order valence-corrected chi connectivity index (χ0v) is 19.7. The SMILES string of the molecule is Cc1ccc(S(=O)(=O)N2CCN(C(=O)c3csc(-c4ccc(Cl)s4)n3)CC2)c(C)c1. The molecule has 1 aromatic carbocycles. The summed E-state index contributed by atoms with van der Waals surface area (Å²) in [6.45, 7) is 4.93. The van der Waals surface area contributed by atoms with E-state index in [0.717, 1.165) is 21.0 Å². The Morgan fingerprint density at radius 2 is 1.83 bits per heavy atom. The number of carbonyl (C=O) groups excluding carboxylic acids is 1. The Hall–Kier alpha value is -1.78. The van der Waals surface area contributed by atoms with Crippen molar-refractivity contribution in [2.24, 2.45) is 0 Å². The number of thiazole rings is 1. The molecule has 1 amide bonds. The van der Waals surface area contributed by atoms with Crippen LogP contribution in [0.5, 0.6) is 0 Å². The number of halogens is 1. The average Bonchev–Trinajstić information content (AvgIpc) is 3.36. The molecule has 158 valence electrons. The largest absolute Gasteiger partial charge is 0.335 e. The molecule has 3 aromatic rings. The lowest BCUT2D eigenvalue weighted by Crippen LogP contribution is -2.50. The summed E-state index contributed by atoms with van der Waals surface area (Å²) in [4.78, 5) is 20.2. The number of sulfonamides is 1. The molecule has 1 aliphatic heterocycles. The van der Waals surface area contributed by atoms with Gasteiger partial charge < -0.3 is 4.90 Å². The van der Waals surface area contributed by atoms with E-state index >= 15 is 0 Å². The number of nitrogens with zero attached hydrogens (tertiary/aromatic N) is 3. The van der Waals surface area contributed by atoms with E-state index in [9.17, 15) is 13.2 Å². The highest BCUT2D eigenvalue weighted by atomic mass is 35.5. The van der Waals surface area contributed by atoms with E-state index in [0.29, 0.717) is 28.0 Å². The molecule has 3 heterocycles. The summed E-state index contributed by atoms with van der Waals surface area (Å²) in [5.74, 6) is -0.177. The topological polar surface area (TPSA) is 70.6 Å². The molecule has 6 nitrogen and oxygen atoms in total. The van der Waals surface area contributed by atoms with Crippen molar-refractivity contribution >= 4 is 50.2 Å². The first kappa shape index (κ1) is 21.5. The fourth-order valence-corrected chi connectivity index (χ4v) is 6.97. The first-order chi connectivity index (χ1) is 14.3. The average molecular weight is 482 g/mol. The lowest BCUT2D eigenvalue weighted by Gasteiger charge is -2.34. The third-order valence-corrected chi connectivity index (χ3v) is 9.28. The summed E-state index contributed by atoms with van der Waals surface area (Å²) in [6.07, 6.45) is 0. The van der Waals surface area contributed by atoms with Crippen LogP contribution in [0.15, 0.2) is 40.6 Å². The number of piperazine rings is 1. The molecular formula is C20H20ClN3O3S3. The second-order valence-electron chi connectivity index (χ2n) is 7.11. The number of hydrogen-bond donors (Lipinski definition) is 0. The van der Waals surface area contributed by atoms with Gasteiger partial charge in [0.15, 0.2) is 0 Å². The second-order valence-corrected chi connectivity index (χ2v) is 11.6. The van der Waals surface area contributed by atoms with Gasteiger partial charge in [-0.1, -0.05) is 29.3 Å². The Bertz CT molecular complexity index is 1190. The summed E-state index contributed by atoms with van der Waals surface area (Å²) in [6, 6.07) is 9.02.